The van der Waals surface area contributed by atoms with Crippen LogP contribution in [0.4, 0.5) is 4.79 Å². The standard InChI is InChI=1S/C23H26N4O4S/c1-23(2,3)31-22(30)26-11-9-16(10-12-26)19(28)25-27-14-24-20-18(21(27)29)17(13-32-20)15-7-5-4-6-8-15/h4-8,13-14,16H,9-12H2,1-3H3,(H,25,28). The van der Waals surface area contributed by atoms with Gasteiger partial charge < -0.3 is 9.64 Å². The van der Waals surface area contributed by atoms with Crippen molar-refractivity contribution in [3.8, 4) is 11.1 Å². The maximum atomic E-state index is 13.1. The van der Waals surface area contributed by atoms with E-state index in [0.717, 1.165) is 15.8 Å². The molecule has 0 atom stereocenters. The number of fused-ring (bicyclic) bond motifs is 1. The number of thiophene rings is 1. The number of nitrogens with one attached hydrogen (secondary N) is 1. The predicted molar refractivity (Wildman–Crippen MR) is 124 cm³/mol. The zero-order chi connectivity index (χ0) is 22.9. The average molecular weight is 455 g/mol. The summed E-state index contributed by atoms with van der Waals surface area (Å²) in [6.07, 6.45) is 1.99. The lowest BCUT2D eigenvalue weighted by Gasteiger charge is -2.32. The maximum Gasteiger partial charge on any atom is 0.410 e. The Morgan fingerprint density at radius 3 is 2.50 bits per heavy atom. The van der Waals surface area contributed by atoms with Gasteiger partial charge in [-0.25, -0.2) is 14.5 Å². The van der Waals surface area contributed by atoms with Gasteiger partial charge in [0.05, 0.1) is 5.39 Å². The Hall–Kier alpha value is -3.20. The van der Waals surface area contributed by atoms with Crippen LogP contribution in [0.1, 0.15) is 33.6 Å². The second-order valence-corrected chi connectivity index (χ2v) is 9.69. The normalized spacial score (nSPS) is 15.0. The van der Waals surface area contributed by atoms with Crippen molar-refractivity contribution in [2.24, 2.45) is 5.92 Å². The van der Waals surface area contributed by atoms with Gasteiger partial charge >= 0.3 is 6.09 Å². The molecule has 3 heterocycles. The molecule has 8 nitrogen and oxygen atoms in total. The zero-order valence-corrected chi connectivity index (χ0v) is 19.1. The summed E-state index contributed by atoms with van der Waals surface area (Å²) in [7, 11) is 0. The van der Waals surface area contributed by atoms with Gasteiger partial charge in [-0.05, 0) is 39.2 Å². The molecule has 0 bridgehead atoms. The Morgan fingerprint density at radius 1 is 1.16 bits per heavy atom. The van der Waals surface area contributed by atoms with E-state index in [-0.39, 0.29) is 23.5 Å². The third kappa shape index (κ3) is 4.67. The number of carbonyl (C=O) groups excluding carboxylic acids is 2. The summed E-state index contributed by atoms with van der Waals surface area (Å²) >= 11 is 1.40. The van der Waals surface area contributed by atoms with Gasteiger partial charge in [0.1, 0.15) is 16.8 Å². The van der Waals surface area contributed by atoms with Crippen LogP contribution in [0, 0.1) is 5.92 Å². The van der Waals surface area contributed by atoms with E-state index in [1.165, 1.54) is 17.7 Å². The monoisotopic (exact) mass is 454 g/mol. The minimum Gasteiger partial charge on any atom is -0.444 e. The summed E-state index contributed by atoms with van der Waals surface area (Å²) in [4.78, 5) is 44.8. The highest BCUT2D eigenvalue weighted by molar-refractivity contribution is 7.17. The minimum atomic E-state index is -0.557. The van der Waals surface area contributed by atoms with Crippen LogP contribution in [0.2, 0.25) is 0 Å². The fourth-order valence-corrected chi connectivity index (χ4v) is 4.61. The molecule has 1 aliphatic rings. The van der Waals surface area contributed by atoms with Gasteiger partial charge in [0.15, 0.2) is 0 Å². The number of benzene rings is 1. The smallest absolute Gasteiger partial charge is 0.410 e. The molecule has 1 aromatic carbocycles. The third-order valence-electron chi connectivity index (χ3n) is 5.33. The van der Waals surface area contributed by atoms with Crippen molar-refractivity contribution < 1.29 is 14.3 Å². The van der Waals surface area contributed by atoms with E-state index in [9.17, 15) is 14.4 Å². The number of aromatic nitrogens is 2. The van der Waals surface area contributed by atoms with E-state index in [1.54, 1.807) is 4.90 Å². The Labute approximate surface area is 189 Å². The lowest BCUT2D eigenvalue weighted by molar-refractivity contribution is -0.122. The summed E-state index contributed by atoms with van der Waals surface area (Å²) in [6, 6.07) is 9.63. The number of hydrogen-bond acceptors (Lipinski definition) is 6. The molecule has 2 aromatic heterocycles. The summed E-state index contributed by atoms with van der Waals surface area (Å²) in [6.45, 7) is 6.34. The predicted octanol–water partition coefficient (Wildman–Crippen LogP) is 3.84. The molecule has 1 saturated heterocycles. The molecule has 0 radical (unpaired) electrons. The summed E-state index contributed by atoms with van der Waals surface area (Å²) < 4.78 is 6.56. The first-order valence-electron chi connectivity index (χ1n) is 10.6. The van der Waals surface area contributed by atoms with Crippen molar-refractivity contribution in [2.45, 2.75) is 39.2 Å². The lowest BCUT2D eigenvalue weighted by atomic mass is 9.96. The van der Waals surface area contributed by atoms with E-state index in [0.29, 0.717) is 36.1 Å². The molecule has 1 N–H and O–H groups in total. The van der Waals surface area contributed by atoms with Crippen LogP contribution in [-0.4, -0.2) is 45.3 Å². The Morgan fingerprint density at radius 2 is 1.84 bits per heavy atom. The molecule has 168 valence electrons. The van der Waals surface area contributed by atoms with E-state index in [1.807, 2.05) is 56.5 Å². The van der Waals surface area contributed by atoms with Crippen molar-refractivity contribution in [2.75, 3.05) is 18.5 Å². The fourth-order valence-electron chi connectivity index (χ4n) is 3.70. The molecule has 0 aliphatic carbocycles. The molecule has 2 amide bonds. The van der Waals surface area contributed by atoms with Crippen LogP contribution in [0.3, 0.4) is 0 Å². The first kappa shape index (κ1) is 22.0. The molecule has 4 rings (SSSR count). The lowest BCUT2D eigenvalue weighted by Crippen LogP contribution is -2.45. The second kappa shape index (κ2) is 8.74. The van der Waals surface area contributed by atoms with Gasteiger partial charge in [0.25, 0.3) is 5.56 Å². The first-order chi connectivity index (χ1) is 15.2. The molecular weight excluding hydrogens is 428 g/mol. The molecule has 0 spiro atoms. The van der Waals surface area contributed by atoms with Gasteiger partial charge in [-0.3, -0.25) is 15.0 Å². The van der Waals surface area contributed by atoms with Crippen LogP contribution in [-0.2, 0) is 9.53 Å². The van der Waals surface area contributed by atoms with Crippen molar-refractivity contribution >= 4 is 33.6 Å². The highest BCUT2D eigenvalue weighted by atomic mass is 32.1. The van der Waals surface area contributed by atoms with E-state index < -0.39 is 5.60 Å². The SMILES string of the molecule is CC(C)(C)OC(=O)N1CCC(C(=O)Nn2cnc3scc(-c4ccccc4)c3c2=O)CC1. The number of likely N-dealkylation sites (tertiary alicyclic amines) is 1. The third-order valence-corrected chi connectivity index (χ3v) is 6.21. The zero-order valence-electron chi connectivity index (χ0n) is 18.3. The fraction of sp³-hybridized carbons (Fsp3) is 0.391. The van der Waals surface area contributed by atoms with Gasteiger partial charge in [-0.1, -0.05) is 30.3 Å². The number of carbonyl (C=O) groups is 2. The molecule has 0 saturated carbocycles. The number of amides is 2. The molecule has 3 aromatic rings. The second-order valence-electron chi connectivity index (χ2n) is 8.83. The molecule has 1 aliphatic heterocycles. The van der Waals surface area contributed by atoms with Crippen LogP contribution < -0.4 is 11.0 Å². The average Bonchev–Trinajstić information content (AvgIpc) is 3.20. The van der Waals surface area contributed by atoms with Crippen molar-refractivity contribution in [3.63, 3.8) is 0 Å². The van der Waals surface area contributed by atoms with Crippen molar-refractivity contribution in [1.82, 2.24) is 14.6 Å². The van der Waals surface area contributed by atoms with Crippen molar-refractivity contribution in [1.29, 1.82) is 0 Å². The van der Waals surface area contributed by atoms with Crippen LogP contribution in [0.25, 0.3) is 21.3 Å². The number of piperidine rings is 1. The highest BCUT2D eigenvalue weighted by Gasteiger charge is 2.30. The molecule has 1 fully saturated rings. The number of ether oxygens (including phenoxy) is 1. The summed E-state index contributed by atoms with van der Waals surface area (Å²) in [5.74, 6) is -0.555. The van der Waals surface area contributed by atoms with Crippen LogP contribution in [0.15, 0.2) is 46.8 Å². The maximum absolute atomic E-state index is 13.1. The topological polar surface area (TPSA) is 93.5 Å². The van der Waals surface area contributed by atoms with E-state index in [4.69, 9.17) is 4.74 Å². The molecule has 0 unspecified atom stereocenters. The quantitative estimate of drug-likeness (QED) is 0.649. The number of rotatable bonds is 3. The van der Waals surface area contributed by atoms with Gasteiger partial charge in [-0.15, -0.1) is 11.3 Å². The molecular formula is C23H26N4O4S. The minimum absolute atomic E-state index is 0.256. The van der Waals surface area contributed by atoms with Crippen molar-refractivity contribution in [3.05, 3.63) is 52.4 Å². The van der Waals surface area contributed by atoms with Gasteiger partial charge in [-0.2, -0.15) is 0 Å². The van der Waals surface area contributed by atoms with Gasteiger partial charge in [0.2, 0.25) is 5.91 Å². The van der Waals surface area contributed by atoms with E-state index in [2.05, 4.69) is 10.4 Å². The highest BCUT2D eigenvalue weighted by Crippen LogP contribution is 2.30. The van der Waals surface area contributed by atoms with Crippen LogP contribution >= 0.6 is 11.3 Å². The Kier molecular flexibility index (Phi) is 6.01. The van der Waals surface area contributed by atoms with Gasteiger partial charge in [0, 0.05) is 30.0 Å². The number of hydrogen-bond donors (Lipinski definition) is 1. The Balaban J connectivity index is 1.46. The largest absolute Gasteiger partial charge is 0.444 e. The first-order valence-corrected chi connectivity index (χ1v) is 11.4. The Bertz CT molecular complexity index is 1190. The molecule has 32 heavy (non-hydrogen) atoms. The summed E-state index contributed by atoms with van der Waals surface area (Å²) in [5.41, 5.74) is 3.56. The number of nitrogens with zero attached hydrogens (tertiary/aromatic N) is 3. The molecule has 9 heteroatoms. The van der Waals surface area contributed by atoms with Crippen LogP contribution in [0.5, 0.6) is 0 Å². The summed E-state index contributed by atoms with van der Waals surface area (Å²) in [5, 5.41) is 2.40. The van der Waals surface area contributed by atoms with E-state index >= 15 is 0 Å².